The first-order valence-electron chi connectivity index (χ1n) is 8.77. The van der Waals surface area contributed by atoms with Gasteiger partial charge in [-0.05, 0) is 25.0 Å². The van der Waals surface area contributed by atoms with Crippen LogP contribution in [0.25, 0.3) is 0 Å². The molecule has 1 aromatic carbocycles. The summed E-state index contributed by atoms with van der Waals surface area (Å²) in [4.78, 5) is 27.4. The van der Waals surface area contributed by atoms with Gasteiger partial charge in [0.2, 0.25) is 5.91 Å². The van der Waals surface area contributed by atoms with Gasteiger partial charge in [-0.1, -0.05) is 11.6 Å². The number of hydrogen-bond donors (Lipinski definition) is 1. The van der Waals surface area contributed by atoms with Crippen molar-refractivity contribution in [2.24, 2.45) is 0 Å². The summed E-state index contributed by atoms with van der Waals surface area (Å²) in [7, 11) is 1.73. The van der Waals surface area contributed by atoms with E-state index in [2.05, 4.69) is 0 Å². The Morgan fingerprint density at radius 2 is 2.12 bits per heavy atom. The number of carbonyl (C=O) groups is 2. The number of benzene rings is 1. The number of anilines is 1. The minimum Gasteiger partial charge on any atom is -0.486 e. The fourth-order valence-electron chi connectivity index (χ4n) is 4.29. The number of ether oxygens (including phenoxy) is 2. The molecule has 3 aliphatic rings. The maximum absolute atomic E-state index is 13.2. The number of carboxylic acid groups (broad SMARTS) is 1. The first kappa shape index (κ1) is 17.4. The number of hydrogen-bond acceptors (Lipinski definition) is 4. The first-order valence-corrected chi connectivity index (χ1v) is 9.15. The molecule has 0 saturated carbocycles. The summed E-state index contributed by atoms with van der Waals surface area (Å²) in [5, 5.41) is 9.74. The van der Waals surface area contributed by atoms with Gasteiger partial charge in [-0.15, -0.1) is 0 Å². The molecule has 2 saturated heterocycles. The van der Waals surface area contributed by atoms with Crippen molar-refractivity contribution in [2.45, 2.75) is 30.8 Å². The number of likely N-dealkylation sites (tertiary alicyclic amines) is 1. The number of likely N-dealkylation sites (N-methyl/N-ethyl adjacent to an activating group) is 1. The monoisotopic (exact) mass is 380 g/mol. The highest BCUT2D eigenvalue weighted by molar-refractivity contribution is 6.33. The third kappa shape index (κ3) is 2.53. The van der Waals surface area contributed by atoms with Crippen LogP contribution in [0.15, 0.2) is 12.1 Å². The van der Waals surface area contributed by atoms with Gasteiger partial charge in [-0.3, -0.25) is 4.79 Å². The van der Waals surface area contributed by atoms with Crippen molar-refractivity contribution >= 4 is 29.3 Å². The fourth-order valence-corrected chi connectivity index (χ4v) is 4.62. The summed E-state index contributed by atoms with van der Waals surface area (Å²) in [5.74, 6) is 0.589. The van der Waals surface area contributed by atoms with Gasteiger partial charge in [-0.2, -0.15) is 0 Å². The van der Waals surface area contributed by atoms with Gasteiger partial charge >= 0.3 is 6.09 Å². The van der Waals surface area contributed by atoms with E-state index < -0.39 is 11.5 Å². The van der Waals surface area contributed by atoms with Crippen molar-refractivity contribution in [3.8, 4) is 5.75 Å². The normalized spacial score (nSPS) is 24.2. The summed E-state index contributed by atoms with van der Waals surface area (Å²) in [6, 6.07) is 3.57. The molecule has 3 heterocycles. The van der Waals surface area contributed by atoms with Crippen LogP contribution in [0.2, 0.25) is 5.02 Å². The van der Waals surface area contributed by atoms with Crippen molar-refractivity contribution in [2.75, 3.05) is 38.3 Å². The Morgan fingerprint density at radius 1 is 1.38 bits per heavy atom. The van der Waals surface area contributed by atoms with E-state index in [1.807, 2.05) is 0 Å². The lowest BCUT2D eigenvalue weighted by Crippen LogP contribution is -2.49. The van der Waals surface area contributed by atoms with Crippen LogP contribution in [0.3, 0.4) is 0 Å². The zero-order valence-corrected chi connectivity index (χ0v) is 15.3. The molecular formula is C18H21ClN2O5. The van der Waals surface area contributed by atoms with Crippen molar-refractivity contribution in [1.29, 1.82) is 0 Å². The zero-order valence-electron chi connectivity index (χ0n) is 14.5. The number of fused-ring (bicyclic) bond motifs is 2. The minimum absolute atomic E-state index is 0.0332. The van der Waals surface area contributed by atoms with Crippen LogP contribution in [-0.4, -0.2) is 61.5 Å². The van der Waals surface area contributed by atoms with Crippen molar-refractivity contribution < 1.29 is 24.2 Å². The van der Waals surface area contributed by atoms with Crippen molar-refractivity contribution in [3.05, 3.63) is 22.7 Å². The molecule has 1 atom stereocenters. The lowest BCUT2D eigenvalue weighted by molar-refractivity contribution is -0.124. The van der Waals surface area contributed by atoms with Crippen LogP contribution in [-0.2, 0) is 14.9 Å². The largest absolute Gasteiger partial charge is 0.486 e. The predicted molar refractivity (Wildman–Crippen MR) is 95.2 cm³/mol. The molecule has 2 fully saturated rings. The third-order valence-corrected chi connectivity index (χ3v) is 6.00. The standard InChI is InChI=1S/C18H21ClN2O5/c1-20-15-13(26-11-4-9-25-10-11)3-2-12(19)14(15)18(16(20)22)5-7-21(8-6-18)17(23)24/h2-3,11H,4-10H2,1H3,(H,23,24). The Hall–Kier alpha value is -1.99. The van der Waals surface area contributed by atoms with Crippen molar-refractivity contribution in [1.82, 2.24) is 4.90 Å². The molecule has 1 unspecified atom stereocenters. The lowest BCUT2D eigenvalue weighted by atomic mass is 9.73. The Kier molecular flexibility index (Phi) is 4.23. The second-order valence-electron chi connectivity index (χ2n) is 7.09. The van der Waals surface area contributed by atoms with E-state index in [-0.39, 0.29) is 12.0 Å². The average Bonchev–Trinajstić information content (AvgIpc) is 3.21. The second-order valence-corrected chi connectivity index (χ2v) is 7.50. The maximum atomic E-state index is 13.2. The van der Waals surface area contributed by atoms with Gasteiger partial charge in [0.15, 0.2) is 0 Å². The van der Waals surface area contributed by atoms with Crippen LogP contribution in [0, 0.1) is 0 Å². The summed E-state index contributed by atoms with van der Waals surface area (Å²) < 4.78 is 11.5. The fraction of sp³-hybridized carbons (Fsp3) is 0.556. The number of amides is 2. The van der Waals surface area contributed by atoms with Gasteiger partial charge in [0.1, 0.15) is 11.9 Å². The smallest absolute Gasteiger partial charge is 0.407 e. The Balaban J connectivity index is 1.73. The summed E-state index contributed by atoms with van der Waals surface area (Å²) in [6.45, 7) is 1.83. The highest BCUT2D eigenvalue weighted by Crippen LogP contribution is 2.54. The van der Waals surface area contributed by atoms with E-state index in [0.717, 1.165) is 12.0 Å². The maximum Gasteiger partial charge on any atom is 0.407 e. The number of piperidine rings is 1. The molecule has 0 bridgehead atoms. The van der Waals surface area contributed by atoms with Gasteiger partial charge in [0.25, 0.3) is 0 Å². The number of carbonyl (C=O) groups excluding carboxylic acids is 1. The zero-order chi connectivity index (χ0) is 18.5. The topological polar surface area (TPSA) is 79.3 Å². The highest BCUT2D eigenvalue weighted by Gasteiger charge is 2.53. The second kappa shape index (κ2) is 6.32. The molecule has 7 nitrogen and oxygen atoms in total. The summed E-state index contributed by atoms with van der Waals surface area (Å²) in [6.07, 6.45) is 0.668. The van der Waals surface area contributed by atoms with Gasteiger partial charge in [0, 0.05) is 37.1 Å². The molecule has 4 rings (SSSR count). The quantitative estimate of drug-likeness (QED) is 0.852. The molecule has 2 amide bonds. The van der Waals surface area contributed by atoms with E-state index in [9.17, 15) is 14.7 Å². The molecular weight excluding hydrogens is 360 g/mol. The van der Waals surface area contributed by atoms with E-state index in [0.29, 0.717) is 55.6 Å². The molecule has 26 heavy (non-hydrogen) atoms. The summed E-state index contributed by atoms with van der Waals surface area (Å²) in [5.41, 5.74) is 0.699. The third-order valence-electron chi connectivity index (χ3n) is 5.69. The molecule has 140 valence electrons. The van der Waals surface area contributed by atoms with Gasteiger partial charge in [-0.25, -0.2) is 4.79 Å². The van der Waals surface area contributed by atoms with E-state index in [1.54, 1.807) is 24.1 Å². The number of halogens is 1. The Morgan fingerprint density at radius 3 is 2.73 bits per heavy atom. The number of nitrogens with zero attached hydrogens (tertiary/aromatic N) is 2. The van der Waals surface area contributed by atoms with Crippen LogP contribution >= 0.6 is 11.6 Å². The van der Waals surface area contributed by atoms with E-state index in [4.69, 9.17) is 21.1 Å². The molecule has 0 aliphatic carbocycles. The molecule has 0 aromatic heterocycles. The van der Waals surface area contributed by atoms with Crippen LogP contribution in [0.5, 0.6) is 5.75 Å². The molecule has 1 spiro atoms. The van der Waals surface area contributed by atoms with Crippen molar-refractivity contribution in [3.63, 3.8) is 0 Å². The van der Waals surface area contributed by atoms with E-state index in [1.165, 1.54) is 4.90 Å². The summed E-state index contributed by atoms with van der Waals surface area (Å²) >= 11 is 6.52. The molecule has 1 aromatic rings. The lowest BCUT2D eigenvalue weighted by Gasteiger charge is -2.37. The minimum atomic E-state index is -0.955. The van der Waals surface area contributed by atoms with Crippen LogP contribution < -0.4 is 9.64 Å². The molecule has 3 aliphatic heterocycles. The Bertz CT molecular complexity index is 754. The molecule has 8 heteroatoms. The number of rotatable bonds is 2. The van der Waals surface area contributed by atoms with Crippen LogP contribution in [0.1, 0.15) is 24.8 Å². The van der Waals surface area contributed by atoms with Crippen LogP contribution in [0.4, 0.5) is 10.5 Å². The van der Waals surface area contributed by atoms with Gasteiger partial charge in [0.05, 0.1) is 24.3 Å². The average molecular weight is 381 g/mol. The van der Waals surface area contributed by atoms with E-state index >= 15 is 0 Å². The molecule has 0 radical (unpaired) electrons. The Labute approximate surface area is 156 Å². The SMILES string of the molecule is CN1C(=O)C2(CCN(C(=O)O)CC2)c2c(Cl)ccc(OC3CCOC3)c21. The highest BCUT2D eigenvalue weighted by atomic mass is 35.5. The van der Waals surface area contributed by atoms with Gasteiger partial charge < -0.3 is 24.4 Å². The molecule has 1 N–H and O–H groups in total. The first-order chi connectivity index (χ1) is 12.4. The predicted octanol–water partition coefficient (Wildman–Crippen LogP) is 2.50.